The number of hydrogen-bond donors (Lipinski definition) is 4. The molecule has 9 nitrogen and oxygen atoms in total. The third-order valence-electron chi connectivity index (χ3n) is 4.45. The van der Waals surface area contributed by atoms with Gasteiger partial charge in [0.1, 0.15) is 5.52 Å². The molecule has 4 N–H and O–H groups in total. The molecule has 0 amide bonds. The fourth-order valence-electron chi connectivity index (χ4n) is 2.96. The zero-order valence-corrected chi connectivity index (χ0v) is 13.9. The highest BCUT2D eigenvalue weighted by Crippen LogP contribution is 2.25. The van der Waals surface area contributed by atoms with E-state index in [0.29, 0.717) is 18.3 Å². The number of hydrogen-bond acceptors (Lipinski definition) is 7. The van der Waals surface area contributed by atoms with Gasteiger partial charge in [-0.05, 0) is 18.2 Å². The largest absolute Gasteiger partial charge is 0.380 e. The number of ether oxygens (including phenoxy) is 1. The van der Waals surface area contributed by atoms with Gasteiger partial charge in [-0.2, -0.15) is 5.10 Å². The Balaban J connectivity index is 1.38. The predicted octanol–water partition coefficient (Wildman–Crippen LogP) is 1.52. The molecular formula is C17H18N8O. The topological polar surface area (TPSA) is 105 Å². The van der Waals surface area contributed by atoms with Crippen LogP contribution >= 0.6 is 0 Å². The summed E-state index contributed by atoms with van der Waals surface area (Å²) in [4.78, 5) is 9.19. The van der Waals surface area contributed by atoms with Crippen molar-refractivity contribution in [3.63, 3.8) is 0 Å². The predicted molar refractivity (Wildman–Crippen MR) is 96.5 cm³/mol. The first-order valence-corrected chi connectivity index (χ1v) is 8.44. The molecule has 9 heteroatoms. The van der Waals surface area contributed by atoms with E-state index in [1.54, 1.807) is 6.20 Å². The number of allylic oxidation sites excluding steroid dienone is 3. The SMILES string of the molecule is C1=CNNC(Cn2ccc3ncc(Nc4cc(C5COC5)[nH]n4)nc32)=C1. The maximum atomic E-state index is 5.22. The molecule has 5 heterocycles. The van der Waals surface area contributed by atoms with Gasteiger partial charge in [0.2, 0.25) is 0 Å². The lowest BCUT2D eigenvalue weighted by atomic mass is 10.0. The van der Waals surface area contributed by atoms with E-state index in [2.05, 4.69) is 35.9 Å². The monoisotopic (exact) mass is 350 g/mol. The average molecular weight is 350 g/mol. The smallest absolute Gasteiger partial charge is 0.161 e. The van der Waals surface area contributed by atoms with Crippen LogP contribution in [0.15, 0.2) is 48.6 Å². The van der Waals surface area contributed by atoms with Gasteiger partial charge in [0.15, 0.2) is 17.3 Å². The van der Waals surface area contributed by atoms with Crippen molar-refractivity contribution in [1.29, 1.82) is 0 Å². The normalized spacial score (nSPS) is 16.7. The molecule has 0 radical (unpaired) electrons. The Labute approximate surface area is 149 Å². The Morgan fingerprint density at radius 1 is 1.31 bits per heavy atom. The number of aromatic nitrogens is 5. The molecule has 2 aliphatic rings. The Hall–Kier alpha value is -3.33. The number of fused-ring (bicyclic) bond motifs is 1. The minimum absolute atomic E-state index is 0.405. The van der Waals surface area contributed by atoms with Gasteiger partial charge < -0.3 is 25.5 Å². The summed E-state index contributed by atoms with van der Waals surface area (Å²) in [5, 5.41) is 10.6. The van der Waals surface area contributed by atoms with Gasteiger partial charge in [0.25, 0.3) is 0 Å². The van der Waals surface area contributed by atoms with E-state index >= 15 is 0 Å². The zero-order chi connectivity index (χ0) is 17.3. The Bertz CT molecular complexity index is 997. The van der Waals surface area contributed by atoms with Crippen molar-refractivity contribution in [3.05, 3.63) is 54.3 Å². The number of nitrogens with one attached hydrogen (secondary N) is 4. The summed E-state index contributed by atoms with van der Waals surface area (Å²) in [6.45, 7) is 2.16. The molecule has 0 aromatic carbocycles. The molecule has 0 aliphatic carbocycles. The van der Waals surface area contributed by atoms with Crippen molar-refractivity contribution in [3.8, 4) is 0 Å². The van der Waals surface area contributed by atoms with Crippen LogP contribution in [-0.4, -0.2) is 37.9 Å². The molecule has 0 atom stereocenters. The van der Waals surface area contributed by atoms with E-state index in [9.17, 15) is 0 Å². The van der Waals surface area contributed by atoms with Gasteiger partial charge >= 0.3 is 0 Å². The van der Waals surface area contributed by atoms with E-state index in [1.807, 2.05) is 36.7 Å². The van der Waals surface area contributed by atoms with E-state index < -0.39 is 0 Å². The van der Waals surface area contributed by atoms with Crippen LogP contribution in [0.2, 0.25) is 0 Å². The molecule has 0 unspecified atom stereocenters. The standard InChI is InChI=1S/C17H18N8O/c1-2-12(22-19-4-1)8-25-5-3-13-17(25)21-16(7-18-13)20-15-6-14(23-24-15)11-9-26-10-11/h1-7,11,19,22H,8-10H2,(H2,20,21,23,24). The summed E-state index contributed by atoms with van der Waals surface area (Å²) in [6, 6.07) is 3.95. The number of nitrogens with zero attached hydrogens (tertiary/aromatic N) is 4. The number of aromatic amines is 1. The second-order valence-corrected chi connectivity index (χ2v) is 6.30. The van der Waals surface area contributed by atoms with Crippen LogP contribution in [0.1, 0.15) is 11.6 Å². The van der Waals surface area contributed by atoms with E-state index in [4.69, 9.17) is 9.72 Å². The molecule has 5 rings (SSSR count). The van der Waals surface area contributed by atoms with Crippen molar-refractivity contribution in [2.24, 2.45) is 0 Å². The molecule has 0 bridgehead atoms. The number of anilines is 2. The van der Waals surface area contributed by atoms with Crippen LogP contribution in [0, 0.1) is 0 Å². The third-order valence-corrected chi connectivity index (χ3v) is 4.45. The molecule has 0 spiro atoms. The van der Waals surface area contributed by atoms with Crippen LogP contribution in [0.25, 0.3) is 11.2 Å². The molecule has 132 valence electrons. The summed E-state index contributed by atoms with van der Waals surface area (Å²) in [7, 11) is 0. The summed E-state index contributed by atoms with van der Waals surface area (Å²) >= 11 is 0. The van der Waals surface area contributed by atoms with Gasteiger partial charge in [0, 0.05) is 30.1 Å². The van der Waals surface area contributed by atoms with E-state index in [1.165, 1.54) is 0 Å². The van der Waals surface area contributed by atoms with E-state index in [0.717, 1.165) is 41.6 Å². The molecular weight excluding hydrogens is 332 g/mol. The Morgan fingerprint density at radius 3 is 3.08 bits per heavy atom. The lowest BCUT2D eigenvalue weighted by Gasteiger charge is -2.24. The second kappa shape index (κ2) is 6.19. The highest BCUT2D eigenvalue weighted by atomic mass is 16.5. The molecule has 26 heavy (non-hydrogen) atoms. The van der Waals surface area contributed by atoms with E-state index in [-0.39, 0.29) is 0 Å². The first-order valence-electron chi connectivity index (χ1n) is 8.44. The average Bonchev–Trinajstić information content (AvgIpc) is 3.22. The van der Waals surface area contributed by atoms with Crippen LogP contribution in [-0.2, 0) is 11.3 Å². The molecule has 3 aromatic rings. The van der Waals surface area contributed by atoms with Gasteiger partial charge in [-0.1, -0.05) is 0 Å². The second-order valence-electron chi connectivity index (χ2n) is 6.30. The van der Waals surface area contributed by atoms with Gasteiger partial charge in [0.05, 0.1) is 31.7 Å². The minimum atomic E-state index is 0.405. The maximum Gasteiger partial charge on any atom is 0.161 e. The minimum Gasteiger partial charge on any atom is -0.380 e. The van der Waals surface area contributed by atoms with Crippen LogP contribution in [0.4, 0.5) is 11.6 Å². The summed E-state index contributed by atoms with van der Waals surface area (Å²) < 4.78 is 7.27. The van der Waals surface area contributed by atoms with Crippen molar-refractivity contribution in [1.82, 2.24) is 35.6 Å². The first kappa shape index (κ1) is 15.0. The molecule has 1 fully saturated rings. The first-order chi connectivity index (χ1) is 12.8. The maximum absolute atomic E-state index is 5.22. The van der Waals surface area contributed by atoms with Gasteiger partial charge in [-0.15, -0.1) is 0 Å². The van der Waals surface area contributed by atoms with Crippen LogP contribution in [0.3, 0.4) is 0 Å². The number of hydrazine groups is 1. The van der Waals surface area contributed by atoms with Crippen molar-refractivity contribution in [2.45, 2.75) is 12.5 Å². The Morgan fingerprint density at radius 2 is 2.27 bits per heavy atom. The third kappa shape index (κ3) is 2.78. The molecule has 3 aromatic heterocycles. The number of rotatable bonds is 5. The highest BCUT2D eigenvalue weighted by molar-refractivity contribution is 5.73. The number of H-pyrrole nitrogens is 1. The van der Waals surface area contributed by atoms with Gasteiger partial charge in [-0.25, -0.2) is 9.97 Å². The zero-order valence-electron chi connectivity index (χ0n) is 13.9. The fraction of sp³-hybridized carbons (Fsp3) is 0.235. The van der Waals surface area contributed by atoms with Crippen LogP contribution in [0.5, 0.6) is 0 Å². The Kier molecular flexibility index (Phi) is 3.56. The summed E-state index contributed by atoms with van der Waals surface area (Å²) in [5.74, 6) is 1.79. The van der Waals surface area contributed by atoms with Gasteiger partial charge in [-0.3, -0.25) is 5.10 Å². The van der Waals surface area contributed by atoms with Crippen molar-refractivity contribution < 1.29 is 4.74 Å². The van der Waals surface area contributed by atoms with Crippen molar-refractivity contribution >= 4 is 22.8 Å². The lowest BCUT2D eigenvalue weighted by molar-refractivity contribution is 0.00670. The molecule has 2 aliphatic heterocycles. The quantitative estimate of drug-likeness (QED) is 0.553. The lowest BCUT2D eigenvalue weighted by Crippen LogP contribution is -2.30. The molecule has 1 saturated heterocycles. The van der Waals surface area contributed by atoms with Crippen LogP contribution < -0.4 is 16.2 Å². The van der Waals surface area contributed by atoms with Crippen molar-refractivity contribution in [2.75, 3.05) is 18.5 Å². The summed E-state index contributed by atoms with van der Waals surface area (Å²) in [5.41, 5.74) is 9.88. The highest BCUT2D eigenvalue weighted by Gasteiger charge is 2.22. The summed E-state index contributed by atoms with van der Waals surface area (Å²) in [6.07, 6.45) is 9.52. The molecule has 0 saturated carbocycles. The fourth-order valence-corrected chi connectivity index (χ4v) is 2.96.